The van der Waals surface area contributed by atoms with Crippen molar-refractivity contribution in [3.8, 4) is 44.9 Å². The third-order valence-electron chi connectivity index (χ3n) is 4.80. The van der Waals surface area contributed by atoms with Crippen molar-refractivity contribution >= 4 is 5.97 Å². The van der Waals surface area contributed by atoms with Crippen LogP contribution in [0.1, 0.15) is 10.4 Å². The highest BCUT2D eigenvalue weighted by atomic mass is 16.4. The zero-order chi connectivity index (χ0) is 20.4. The topological polar surface area (TPSA) is 77.8 Å². The van der Waals surface area contributed by atoms with Gasteiger partial charge in [0.2, 0.25) is 0 Å². The molecule has 4 rings (SSSR count). The highest BCUT2D eigenvalue weighted by molar-refractivity contribution is 5.89. The Morgan fingerprint density at radius 1 is 0.483 bits per heavy atom. The van der Waals surface area contributed by atoms with Gasteiger partial charge in [0.05, 0.1) is 5.56 Å². The third kappa shape index (κ3) is 3.96. The predicted molar refractivity (Wildman–Crippen MR) is 113 cm³/mol. The summed E-state index contributed by atoms with van der Waals surface area (Å²) in [4.78, 5) is 11.1. The molecule has 0 unspecified atom stereocenters. The van der Waals surface area contributed by atoms with Crippen LogP contribution in [-0.4, -0.2) is 21.3 Å². The van der Waals surface area contributed by atoms with E-state index in [9.17, 15) is 15.0 Å². The monoisotopic (exact) mass is 382 g/mol. The van der Waals surface area contributed by atoms with Gasteiger partial charge in [0.25, 0.3) is 0 Å². The molecule has 4 aromatic carbocycles. The van der Waals surface area contributed by atoms with Crippen LogP contribution in [-0.2, 0) is 0 Å². The van der Waals surface area contributed by atoms with Gasteiger partial charge < -0.3 is 15.3 Å². The van der Waals surface area contributed by atoms with Crippen molar-refractivity contribution in [1.29, 1.82) is 0 Å². The Hall–Kier alpha value is -4.05. The summed E-state index contributed by atoms with van der Waals surface area (Å²) < 4.78 is 0. The van der Waals surface area contributed by atoms with E-state index < -0.39 is 5.97 Å². The quantitative estimate of drug-likeness (QED) is 0.417. The van der Waals surface area contributed by atoms with Crippen LogP contribution in [0.15, 0.2) is 91.0 Å². The van der Waals surface area contributed by atoms with Gasteiger partial charge in [-0.05, 0) is 88.0 Å². The highest BCUT2D eigenvalue weighted by Crippen LogP contribution is 2.34. The molecule has 0 fully saturated rings. The zero-order valence-electron chi connectivity index (χ0n) is 15.4. The fourth-order valence-electron chi connectivity index (χ4n) is 3.24. The minimum absolute atomic E-state index is 0.202. The summed E-state index contributed by atoms with van der Waals surface area (Å²) in [5.41, 5.74) is 5.91. The van der Waals surface area contributed by atoms with Crippen molar-refractivity contribution in [2.24, 2.45) is 0 Å². The summed E-state index contributed by atoms with van der Waals surface area (Å²) in [6.07, 6.45) is 0. The van der Waals surface area contributed by atoms with Gasteiger partial charge >= 0.3 is 5.97 Å². The molecule has 0 radical (unpaired) electrons. The summed E-state index contributed by atoms with van der Waals surface area (Å²) >= 11 is 0. The van der Waals surface area contributed by atoms with Crippen molar-refractivity contribution in [3.05, 3.63) is 96.6 Å². The number of phenolic OH excluding ortho intramolecular Hbond substituents is 2. The van der Waals surface area contributed by atoms with Crippen LogP contribution >= 0.6 is 0 Å². The maximum absolute atomic E-state index is 11.1. The summed E-state index contributed by atoms with van der Waals surface area (Å²) in [7, 11) is 0. The van der Waals surface area contributed by atoms with Crippen LogP contribution in [0.5, 0.6) is 11.5 Å². The molecule has 0 aliphatic heterocycles. The number of carboxylic acid groups (broad SMARTS) is 1. The van der Waals surface area contributed by atoms with E-state index in [1.54, 1.807) is 48.5 Å². The Bertz CT molecular complexity index is 1100. The van der Waals surface area contributed by atoms with Crippen LogP contribution < -0.4 is 0 Å². The van der Waals surface area contributed by atoms with E-state index >= 15 is 0 Å². The summed E-state index contributed by atoms with van der Waals surface area (Å²) in [5.74, 6) is -0.556. The van der Waals surface area contributed by atoms with Gasteiger partial charge in [-0.3, -0.25) is 0 Å². The van der Waals surface area contributed by atoms with Crippen molar-refractivity contribution in [2.45, 2.75) is 0 Å². The molecule has 0 saturated carbocycles. The van der Waals surface area contributed by atoms with E-state index in [0.717, 1.165) is 33.4 Å². The van der Waals surface area contributed by atoms with E-state index in [2.05, 4.69) is 0 Å². The van der Waals surface area contributed by atoms with E-state index in [0.29, 0.717) is 0 Å². The smallest absolute Gasteiger partial charge is 0.335 e. The largest absolute Gasteiger partial charge is 0.508 e. The second-order valence-corrected chi connectivity index (χ2v) is 6.78. The Kier molecular flexibility index (Phi) is 4.75. The fraction of sp³-hybridized carbons (Fsp3) is 0. The molecule has 0 bridgehead atoms. The van der Waals surface area contributed by atoms with Crippen molar-refractivity contribution in [3.63, 3.8) is 0 Å². The molecular weight excluding hydrogens is 364 g/mol. The van der Waals surface area contributed by atoms with Gasteiger partial charge in [-0.15, -0.1) is 0 Å². The molecule has 0 aliphatic carbocycles. The lowest BCUT2D eigenvalue weighted by Gasteiger charge is -2.12. The Morgan fingerprint density at radius 3 is 1.10 bits per heavy atom. The molecule has 0 saturated heterocycles. The Morgan fingerprint density at radius 2 is 0.793 bits per heavy atom. The normalized spacial score (nSPS) is 10.6. The lowest BCUT2D eigenvalue weighted by Crippen LogP contribution is -1.95. The molecule has 0 aliphatic rings. The van der Waals surface area contributed by atoms with Crippen molar-refractivity contribution in [2.75, 3.05) is 0 Å². The molecule has 3 N–H and O–H groups in total. The van der Waals surface area contributed by atoms with Crippen LogP contribution in [0.4, 0.5) is 0 Å². The minimum atomic E-state index is -0.959. The summed E-state index contributed by atoms with van der Waals surface area (Å²) in [5, 5.41) is 28.3. The molecular formula is C25H18O4. The maximum Gasteiger partial charge on any atom is 0.335 e. The van der Waals surface area contributed by atoms with E-state index in [1.807, 2.05) is 42.5 Å². The van der Waals surface area contributed by atoms with Gasteiger partial charge in [0.1, 0.15) is 11.5 Å². The predicted octanol–water partition coefficient (Wildman–Crippen LogP) is 5.80. The molecule has 0 spiro atoms. The molecule has 29 heavy (non-hydrogen) atoms. The molecule has 4 heteroatoms. The molecule has 142 valence electrons. The number of benzene rings is 4. The van der Waals surface area contributed by atoms with Gasteiger partial charge in [-0.1, -0.05) is 36.4 Å². The average molecular weight is 382 g/mol. The number of phenols is 2. The van der Waals surface area contributed by atoms with Gasteiger partial charge in [-0.2, -0.15) is 0 Å². The number of hydrogen-bond acceptors (Lipinski definition) is 3. The van der Waals surface area contributed by atoms with Crippen LogP contribution in [0, 0.1) is 0 Å². The van der Waals surface area contributed by atoms with Crippen molar-refractivity contribution in [1.82, 2.24) is 0 Å². The fourth-order valence-corrected chi connectivity index (χ4v) is 3.24. The summed E-state index contributed by atoms with van der Waals surface area (Å²) in [6, 6.07) is 26.8. The number of hydrogen-bond donors (Lipinski definition) is 3. The molecule has 0 heterocycles. The standard InChI is InChI=1S/C25H18O4/c26-23-9-5-17(6-10-23)21-13-20(16-1-3-19(4-2-16)25(28)29)14-22(15-21)18-7-11-24(27)12-8-18/h1-15,26-27H,(H,28,29). The molecule has 0 amide bonds. The van der Waals surface area contributed by atoms with Gasteiger partial charge in [-0.25, -0.2) is 4.79 Å². The lowest BCUT2D eigenvalue weighted by atomic mass is 9.93. The SMILES string of the molecule is O=C(O)c1ccc(-c2cc(-c3ccc(O)cc3)cc(-c3ccc(O)cc3)c2)cc1. The first-order chi connectivity index (χ1) is 14.0. The third-order valence-corrected chi connectivity index (χ3v) is 4.80. The lowest BCUT2D eigenvalue weighted by molar-refractivity contribution is 0.0697. The number of rotatable bonds is 4. The maximum atomic E-state index is 11.1. The number of aromatic carboxylic acids is 1. The Labute approximate surface area is 168 Å². The molecule has 0 atom stereocenters. The minimum Gasteiger partial charge on any atom is -0.508 e. The van der Waals surface area contributed by atoms with Crippen LogP contribution in [0.2, 0.25) is 0 Å². The Balaban J connectivity index is 1.86. The second-order valence-electron chi connectivity index (χ2n) is 6.78. The van der Waals surface area contributed by atoms with Crippen molar-refractivity contribution < 1.29 is 20.1 Å². The first-order valence-corrected chi connectivity index (χ1v) is 9.07. The first-order valence-electron chi connectivity index (χ1n) is 9.07. The van der Waals surface area contributed by atoms with Gasteiger partial charge in [0, 0.05) is 0 Å². The average Bonchev–Trinajstić information content (AvgIpc) is 2.74. The van der Waals surface area contributed by atoms with E-state index in [-0.39, 0.29) is 17.1 Å². The molecule has 4 aromatic rings. The highest BCUT2D eigenvalue weighted by Gasteiger charge is 2.09. The number of carbonyl (C=O) groups is 1. The van der Waals surface area contributed by atoms with Gasteiger partial charge in [0.15, 0.2) is 0 Å². The molecule has 0 aromatic heterocycles. The van der Waals surface area contributed by atoms with E-state index in [4.69, 9.17) is 5.11 Å². The first kappa shape index (κ1) is 18.3. The van der Waals surface area contributed by atoms with Crippen LogP contribution in [0.3, 0.4) is 0 Å². The second kappa shape index (κ2) is 7.52. The molecule has 4 nitrogen and oxygen atoms in total. The van der Waals surface area contributed by atoms with Crippen LogP contribution in [0.25, 0.3) is 33.4 Å². The number of aromatic hydroxyl groups is 2. The number of carboxylic acids is 1. The van der Waals surface area contributed by atoms with E-state index in [1.165, 1.54) is 0 Å². The summed E-state index contributed by atoms with van der Waals surface area (Å²) in [6.45, 7) is 0. The zero-order valence-corrected chi connectivity index (χ0v) is 15.4.